The monoisotopic (exact) mass is 406 g/mol. The number of benzene rings is 2. The Morgan fingerprint density at radius 3 is 1.86 bits per heavy atom. The molecule has 0 fully saturated rings. The third-order valence-corrected chi connectivity index (χ3v) is 4.57. The van der Waals surface area contributed by atoms with Crippen molar-refractivity contribution in [2.45, 2.75) is 6.92 Å². The second-order valence-corrected chi connectivity index (χ2v) is 7.14. The number of rotatable bonds is 12. The van der Waals surface area contributed by atoms with Gasteiger partial charge < -0.3 is 18.5 Å². The molecule has 0 N–H and O–H groups in total. The lowest BCUT2D eigenvalue weighted by Gasteiger charge is -2.19. The fourth-order valence-electron chi connectivity index (χ4n) is 1.92. The van der Waals surface area contributed by atoms with Gasteiger partial charge in [-0.15, -0.1) is 0 Å². The molecule has 2 aromatic rings. The number of phosphoric acid groups is 1. The average molecular weight is 406 g/mol. The fourth-order valence-corrected chi connectivity index (χ4v) is 3.12. The van der Waals surface area contributed by atoms with Crippen LogP contribution < -0.4 is 9.05 Å². The minimum absolute atomic E-state index is 0.0363. The number of carbonyl (C=O) groups is 1. The summed E-state index contributed by atoms with van der Waals surface area (Å²) in [7, 11) is -3.92. The van der Waals surface area contributed by atoms with E-state index < -0.39 is 13.8 Å². The van der Waals surface area contributed by atoms with E-state index in [4.69, 9.17) is 23.0 Å². The quantitative estimate of drug-likeness (QED) is 0.224. The molecule has 0 bridgehead atoms. The van der Waals surface area contributed by atoms with Gasteiger partial charge in [0.25, 0.3) is 0 Å². The van der Waals surface area contributed by atoms with Gasteiger partial charge in [0.05, 0.1) is 19.8 Å². The summed E-state index contributed by atoms with van der Waals surface area (Å²) >= 11 is 0. The number of hydrogen-bond acceptors (Lipinski definition) is 7. The van der Waals surface area contributed by atoms with E-state index in [2.05, 4.69) is 6.58 Å². The van der Waals surface area contributed by atoms with Crippen molar-refractivity contribution in [3.05, 3.63) is 72.8 Å². The lowest BCUT2D eigenvalue weighted by atomic mass is 10.3. The number of carbonyl (C=O) groups excluding carboxylic acids is 1. The number of hydrogen-bond donors (Lipinski definition) is 0. The van der Waals surface area contributed by atoms with Gasteiger partial charge >= 0.3 is 13.8 Å². The molecule has 0 aliphatic carbocycles. The second-order valence-electron chi connectivity index (χ2n) is 5.62. The largest absolute Gasteiger partial charge is 0.587 e. The molecule has 0 atom stereocenters. The Hall–Kier alpha value is -2.60. The van der Waals surface area contributed by atoms with E-state index >= 15 is 0 Å². The van der Waals surface area contributed by atoms with Crippen LogP contribution in [-0.2, 0) is 23.4 Å². The lowest BCUT2D eigenvalue weighted by molar-refractivity contribution is -0.140. The summed E-state index contributed by atoms with van der Waals surface area (Å²) in [5.74, 6) is 0.237. The van der Waals surface area contributed by atoms with Crippen LogP contribution in [0.2, 0.25) is 0 Å². The molecule has 28 heavy (non-hydrogen) atoms. The molecule has 0 saturated carbocycles. The van der Waals surface area contributed by atoms with Crippen LogP contribution in [0.15, 0.2) is 72.8 Å². The molecule has 7 nitrogen and oxygen atoms in total. The zero-order chi connectivity index (χ0) is 20.2. The summed E-state index contributed by atoms with van der Waals surface area (Å²) in [5.41, 5.74) is 0.320. The van der Waals surface area contributed by atoms with Crippen molar-refractivity contribution in [2.75, 3.05) is 26.4 Å². The number of phosphoric ester groups is 1. The maximum atomic E-state index is 13.0. The predicted molar refractivity (Wildman–Crippen MR) is 104 cm³/mol. The average Bonchev–Trinajstić information content (AvgIpc) is 2.68. The number of ether oxygens (including phenoxy) is 2. The Morgan fingerprint density at radius 2 is 1.36 bits per heavy atom. The van der Waals surface area contributed by atoms with E-state index in [0.29, 0.717) is 17.1 Å². The first-order chi connectivity index (χ1) is 13.5. The van der Waals surface area contributed by atoms with Crippen LogP contribution >= 0.6 is 7.82 Å². The molecule has 2 aromatic carbocycles. The van der Waals surface area contributed by atoms with Gasteiger partial charge in [-0.2, -0.15) is 0 Å². The normalized spacial score (nSPS) is 10.9. The van der Waals surface area contributed by atoms with Crippen LogP contribution in [0.3, 0.4) is 0 Å². The first-order valence-electron chi connectivity index (χ1n) is 8.63. The van der Waals surface area contributed by atoms with Gasteiger partial charge in [-0.1, -0.05) is 43.0 Å². The zero-order valence-electron chi connectivity index (χ0n) is 15.6. The molecule has 0 amide bonds. The molecule has 0 aliphatic rings. The molecule has 8 heteroatoms. The Bertz CT molecular complexity index is 747. The molecule has 0 heterocycles. The molecule has 0 spiro atoms. The van der Waals surface area contributed by atoms with Gasteiger partial charge in [-0.05, 0) is 31.2 Å². The van der Waals surface area contributed by atoms with Crippen molar-refractivity contribution in [1.82, 2.24) is 0 Å². The topological polar surface area (TPSA) is 80.3 Å². The molecule has 0 saturated heterocycles. The highest BCUT2D eigenvalue weighted by Crippen LogP contribution is 2.49. The van der Waals surface area contributed by atoms with E-state index in [9.17, 15) is 9.36 Å². The summed E-state index contributed by atoms with van der Waals surface area (Å²) in [4.78, 5) is 11.2. The van der Waals surface area contributed by atoms with Crippen molar-refractivity contribution in [3.8, 4) is 11.5 Å². The van der Waals surface area contributed by atoms with E-state index in [1.165, 1.54) is 0 Å². The summed E-state index contributed by atoms with van der Waals surface area (Å²) in [6.07, 6.45) is 0. The SMILES string of the molecule is C=C(C)C(=O)OCCOCCOP(=O)(Oc1ccccc1)Oc1ccccc1. The summed E-state index contributed by atoms with van der Waals surface area (Å²) in [5, 5.41) is 0. The molecular weight excluding hydrogens is 383 g/mol. The Balaban J connectivity index is 1.83. The van der Waals surface area contributed by atoms with E-state index in [1.807, 2.05) is 12.1 Å². The molecule has 2 rings (SSSR count). The van der Waals surface area contributed by atoms with Crippen molar-refractivity contribution in [1.29, 1.82) is 0 Å². The molecule has 0 radical (unpaired) electrons. The van der Waals surface area contributed by atoms with Crippen molar-refractivity contribution in [3.63, 3.8) is 0 Å². The smallest absolute Gasteiger partial charge is 0.460 e. The van der Waals surface area contributed by atoms with Crippen LogP contribution in [0, 0.1) is 0 Å². The highest BCUT2D eigenvalue weighted by Gasteiger charge is 2.30. The number of para-hydroxylation sites is 2. The molecule has 0 unspecified atom stereocenters. The summed E-state index contributed by atoms with van der Waals surface area (Å²) in [6, 6.07) is 17.2. The van der Waals surface area contributed by atoms with Crippen LogP contribution in [-0.4, -0.2) is 32.4 Å². The Labute approximate surface area is 164 Å². The van der Waals surface area contributed by atoms with Gasteiger partial charge in [0.15, 0.2) is 0 Å². The van der Waals surface area contributed by atoms with E-state index in [-0.39, 0.29) is 26.4 Å². The van der Waals surface area contributed by atoms with E-state index in [1.54, 1.807) is 55.5 Å². The summed E-state index contributed by atoms with van der Waals surface area (Å²) < 4.78 is 39.5. The van der Waals surface area contributed by atoms with Crippen molar-refractivity contribution in [2.24, 2.45) is 0 Å². The van der Waals surface area contributed by atoms with Gasteiger partial charge in [0.1, 0.15) is 18.1 Å². The maximum absolute atomic E-state index is 13.0. The first kappa shape index (κ1) is 21.7. The highest BCUT2D eigenvalue weighted by molar-refractivity contribution is 7.49. The standard InChI is InChI=1S/C20H23O7P/c1-17(2)20(21)24-15-13-23-14-16-25-28(22,26-18-9-5-3-6-10-18)27-19-11-7-4-8-12-19/h3-12H,1,13-16H2,2H3. The minimum Gasteiger partial charge on any atom is -0.460 e. The van der Waals surface area contributed by atoms with Crippen LogP contribution in [0.25, 0.3) is 0 Å². The molecule has 0 aliphatic heterocycles. The zero-order valence-corrected chi connectivity index (χ0v) is 16.5. The Kier molecular flexibility index (Phi) is 8.75. The minimum atomic E-state index is -3.92. The maximum Gasteiger partial charge on any atom is 0.587 e. The highest BCUT2D eigenvalue weighted by atomic mass is 31.2. The molecular formula is C20H23O7P. The van der Waals surface area contributed by atoms with Gasteiger partial charge in [0, 0.05) is 5.57 Å². The fraction of sp³-hybridized carbons (Fsp3) is 0.250. The predicted octanol–water partition coefficient (Wildman–Crippen LogP) is 4.41. The van der Waals surface area contributed by atoms with Gasteiger partial charge in [0.2, 0.25) is 0 Å². The Morgan fingerprint density at radius 1 is 0.857 bits per heavy atom. The second kappa shape index (κ2) is 11.3. The van der Waals surface area contributed by atoms with Crippen LogP contribution in [0.5, 0.6) is 11.5 Å². The number of esters is 1. The van der Waals surface area contributed by atoms with Crippen molar-refractivity contribution < 1.29 is 32.4 Å². The van der Waals surface area contributed by atoms with Gasteiger partial charge in [-0.25, -0.2) is 9.36 Å². The summed E-state index contributed by atoms with van der Waals surface area (Å²) in [6.45, 7) is 5.39. The van der Waals surface area contributed by atoms with E-state index in [0.717, 1.165) is 0 Å². The van der Waals surface area contributed by atoms with Crippen LogP contribution in [0.4, 0.5) is 0 Å². The first-order valence-corrected chi connectivity index (χ1v) is 10.1. The van der Waals surface area contributed by atoms with Crippen LogP contribution in [0.1, 0.15) is 6.92 Å². The van der Waals surface area contributed by atoms with Crippen molar-refractivity contribution >= 4 is 13.8 Å². The van der Waals surface area contributed by atoms with Gasteiger partial charge in [-0.3, -0.25) is 4.52 Å². The third-order valence-electron chi connectivity index (χ3n) is 3.21. The lowest BCUT2D eigenvalue weighted by Crippen LogP contribution is -2.14. The molecule has 0 aromatic heterocycles. The third kappa shape index (κ3) is 7.96. The molecule has 150 valence electrons.